The van der Waals surface area contributed by atoms with Crippen LogP contribution in [-0.2, 0) is 6.42 Å². The van der Waals surface area contributed by atoms with E-state index in [2.05, 4.69) is 15.9 Å². The van der Waals surface area contributed by atoms with Crippen molar-refractivity contribution in [2.24, 2.45) is 0 Å². The van der Waals surface area contributed by atoms with E-state index in [1.807, 2.05) is 30.3 Å². The first-order valence-electron chi connectivity index (χ1n) is 6.31. The summed E-state index contributed by atoms with van der Waals surface area (Å²) in [7, 11) is 0. The van der Waals surface area contributed by atoms with Crippen LogP contribution >= 0.6 is 15.9 Å². The Morgan fingerprint density at radius 1 is 1.15 bits per heavy atom. The summed E-state index contributed by atoms with van der Waals surface area (Å²) in [5.41, 5.74) is 1.51. The molecule has 0 heterocycles. The van der Waals surface area contributed by atoms with Gasteiger partial charge in [0.15, 0.2) is 12.4 Å². The van der Waals surface area contributed by atoms with E-state index < -0.39 is 0 Å². The number of Topliss-reactive ketones (excluding diaryl/α,β-unsaturated/α-hetero) is 1. The second-order valence-corrected chi connectivity index (χ2v) is 5.22. The van der Waals surface area contributed by atoms with Crippen LogP contribution in [-0.4, -0.2) is 24.1 Å². The third-order valence-electron chi connectivity index (χ3n) is 2.86. The van der Waals surface area contributed by atoms with Gasteiger partial charge in [-0.15, -0.1) is 0 Å². The van der Waals surface area contributed by atoms with Gasteiger partial charge in [-0.25, -0.2) is 0 Å². The first-order chi connectivity index (χ1) is 9.70. The van der Waals surface area contributed by atoms with Crippen molar-refractivity contribution in [1.29, 1.82) is 0 Å². The molecule has 1 N–H and O–H groups in total. The van der Waals surface area contributed by atoms with E-state index in [9.17, 15) is 4.79 Å². The van der Waals surface area contributed by atoms with Gasteiger partial charge in [-0.05, 0) is 30.2 Å². The van der Waals surface area contributed by atoms with Gasteiger partial charge in [-0.1, -0.05) is 46.3 Å². The van der Waals surface area contributed by atoms with Crippen LogP contribution in [0.3, 0.4) is 0 Å². The van der Waals surface area contributed by atoms with Crippen LogP contribution in [0.2, 0.25) is 0 Å². The molecule has 0 radical (unpaired) electrons. The van der Waals surface area contributed by atoms with E-state index in [1.54, 1.807) is 18.2 Å². The van der Waals surface area contributed by atoms with E-state index in [1.165, 1.54) is 0 Å². The number of hydrogen-bond donors (Lipinski definition) is 1. The summed E-state index contributed by atoms with van der Waals surface area (Å²) in [5, 5.41) is 9.00. The van der Waals surface area contributed by atoms with Gasteiger partial charge in [-0.2, -0.15) is 0 Å². The lowest BCUT2D eigenvalue weighted by atomic mass is 10.1. The summed E-state index contributed by atoms with van der Waals surface area (Å²) < 4.78 is 6.43. The van der Waals surface area contributed by atoms with Crippen molar-refractivity contribution in [3.05, 3.63) is 64.1 Å². The number of rotatable bonds is 6. The third-order valence-corrected chi connectivity index (χ3v) is 3.35. The number of ketones is 1. The van der Waals surface area contributed by atoms with Crippen LogP contribution in [0.5, 0.6) is 5.75 Å². The highest BCUT2D eigenvalue weighted by molar-refractivity contribution is 9.10. The van der Waals surface area contributed by atoms with E-state index in [-0.39, 0.29) is 19.0 Å². The van der Waals surface area contributed by atoms with Crippen LogP contribution in [0.4, 0.5) is 0 Å². The number of ether oxygens (including phenoxy) is 1. The van der Waals surface area contributed by atoms with Crippen LogP contribution in [0.25, 0.3) is 0 Å². The van der Waals surface area contributed by atoms with Crippen LogP contribution in [0.1, 0.15) is 15.9 Å². The lowest BCUT2D eigenvalue weighted by Gasteiger charge is -2.10. The molecular formula is C16H15BrO3. The molecule has 2 aromatic carbocycles. The van der Waals surface area contributed by atoms with Gasteiger partial charge in [-0.3, -0.25) is 4.79 Å². The van der Waals surface area contributed by atoms with Gasteiger partial charge < -0.3 is 9.84 Å². The molecule has 104 valence electrons. The number of carbonyl (C=O) groups is 1. The second-order valence-electron chi connectivity index (χ2n) is 4.30. The summed E-state index contributed by atoms with van der Waals surface area (Å²) in [5.74, 6) is 0.565. The highest BCUT2D eigenvalue weighted by Gasteiger charge is 2.09. The average molecular weight is 335 g/mol. The molecule has 0 amide bonds. The maximum absolute atomic E-state index is 12.0. The molecule has 0 bridgehead atoms. The minimum absolute atomic E-state index is 0.0150. The Balaban J connectivity index is 2.03. The molecule has 0 unspecified atom stereocenters. The molecule has 0 aliphatic heterocycles. The van der Waals surface area contributed by atoms with Crippen LogP contribution in [0, 0.1) is 0 Å². The summed E-state index contributed by atoms with van der Waals surface area (Å²) in [6.07, 6.45) is 0.515. The first kappa shape index (κ1) is 14.8. The highest BCUT2D eigenvalue weighted by Crippen LogP contribution is 2.19. The fourth-order valence-corrected chi connectivity index (χ4v) is 2.26. The monoisotopic (exact) mass is 334 g/mol. The smallest absolute Gasteiger partial charge is 0.200 e. The molecule has 0 saturated carbocycles. The van der Waals surface area contributed by atoms with Crippen molar-refractivity contribution >= 4 is 21.7 Å². The van der Waals surface area contributed by atoms with Crippen molar-refractivity contribution in [3.63, 3.8) is 0 Å². The third kappa shape index (κ3) is 3.92. The van der Waals surface area contributed by atoms with Gasteiger partial charge in [0, 0.05) is 16.6 Å². The Morgan fingerprint density at radius 2 is 1.95 bits per heavy atom. The first-order valence-corrected chi connectivity index (χ1v) is 7.10. The molecule has 0 fully saturated rings. The summed E-state index contributed by atoms with van der Waals surface area (Å²) in [6.45, 7) is 0.0405. The zero-order chi connectivity index (χ0) is 14.4. The lowest BCUT2D eigenvalue weighted by Crippen LogP contribution is -2.12. The molecule has 20 heavy (non-hydrogen) atoms. The molecule has 0 spiro atoms. The Hall–Kier alpha value is -1.65. The predicted octanol–water partition coefficient (Wildman–Crippen LogP) is 3.25. The fourth-order valence-electron chi connectivity index (χ4n) is 1.86. The number of benzene rings is 2. The van der Waals surface area contributed by atoms with Crippen molar-refractivity contribution in [3.8, 4) is 5.75 Å². The van der Waals surface area contributed by atoms with Gasteiger partial charge in [0.1, 0.15) is 5.75 Å². The Morgan fingerprint density at radius 3 is 2.70 bits per heavy atom. The molecule has 0 aliphatic rings. The topological polar surface area (TPSA) is 46.5 Å². The number of aliphatic hydroxyl groups excluding tert-OH is 1. The highest BCUT2D eigenvalue weighted by atomic mass is 79.9. The summed E-state index contributed by atoms with van der Waals surface area (Å²) in [4.78, 5) is 12.0. The van der Waals surface area contributed by atoms with E-state index in [4.69, 9.17) is 9.84 Å². The minimum Gasteiger partial charge on any atom is -0.485 e. The molecule has 2 aromatic rings. The summed E-state index contributed by atoms with van der Waals surface area (Å²) in [6, 6.07) is 14.6. The van der Waals surface area contributed by atoms with Crippen molar-refractivity contribution in [2.45, 2.75) is 6.42 Å². The number of carbonyl (C=O) groups excluding carboxylic acids is 1. The standard InChI is InChI=1S/C16H15BrO3/c17-14-6-3-5-13(10-14)15(19)11-20-16-7-2-1-4-12(16)8-9-18/h1-7,10,18H,8-9,11H2. The number of aliphatic hydroxyl groups is 1. The molecule has 4 heteroatoms. The maximum atomic E-state index is 12.0. The molecule has 0 aliphatic carbocycles. The Kier molecular flexibility index (Phi) is 5.32. The Labute approximate surface area is 126 Å². The quantitative estimate of drug-likeness (QED) is 0.825. The number of hydrogen-bond acceptors (Lipinski definition) is 3. The molecular weight excluding hydrogens is 320 g/mol. The number of halogens is 1. The zero-order valence-electron chi connectivity index (χ0n) is 10.9. The average Bonchev–Trinajstić information content (AvgIpc) is 2.46. The van der Waals surface area contributed by atoms with Gasteiger partial charge in [0.05, 0.1) is 0 Å². The SMILES string of the molecule is O=C(COc1ccccc1CCO)c1cccc(Br)c1. The normalized spacial score (nSPS) is 10.3. The molecule has 3 nitrogen and oxygen atoms in total. The van der Waals surface area contributed by atoms with Gasteiger partial charge in [0.2, 0.25) is 0 Å². The predicted molar refractivity (Wildman–Crippen MR) is 81.2 cm³/mol. The summed E-state index contributed by atoms with van der Waals surface area (Å²) >= 11 is 3.34. The largest absolute Gasteiger partial charge is 0.485 e. The zero-order valence-corrected chi connectivity index (χ0v) is 12.5. The Bertz CT molecular complexity index is 596. The van der Waals surface area contributed by atoms with E-state index in [0.717, 1.165) is 10.0 Å². The van der Waals surface area contributed by atoms with Gasteiger partial charge in [0.25, 0.3) is 0 Å². The molecule has 2 rings (SSSR count). The van der Waals surface area contributed by atoms with Gasteiger partial charge >= 0.3 is 0 Å². The lowest BCUT2D eigenvalue weighted by molar-refractivity contribution is 0.0920. The van der Waals surface area contributed by atoms with E-state index >= 15 is 0 Å². The molecule has 0 atom stereocenters. The molecule has 0 aromatic heterocycles. The number of para-hydroxylation sites is 1. The van der Waals surface area contributed by atoms with Crippen LogP contribution in [0.15, 0.2) is 53.0 Å². The van der Waals surface area contributed by atoms with Crippen molar-refractivity contribution in [2.75, 3.05) is 13.2 Å². The van der Waals surface area contributed by atoms with Crippen molar-refractivity contribution in [1.82, 2.24) is 0 Å². The van der Waals surface area contributed by atoms with Crippen LogP contribution < -0.4 is 4.74 Å². The van der Waals surface area contributed by atoms with E-state index in [0.29, 0.717) is 17.7 Å². The second kappa shape index (κ2) is 7.22. The fraction of sp³-hybridized carbons (Fsp3) is 0.188. The minimum atomic E-state index is -0.0786. The molecule has 0 saturated heterocycles. The maximum Gasteiger partial charge on any atom is 0.200 e. The van der Waals surface area contributed by atoms with Crippen molar-refractivity contribution < 1.29 is 14.6 Å².